The number of carbonyl (C=O) groups excluding carboxylic acids is 3. The molecule has 1 aliphatic heterocycles. The van der Waals surface area contributed by atoms with E-state index in [1.807, 2.05) is 12.1 Å². The molecule has 0 aliphatic carbocycles. The van der Waals surface area contributed by atoms with Gasteiger partial charge in [0.05, 0.1) is 6.54 Å². The first-order valence-electron chi connectivity index (χ1n) is 9.50. The number of para-hydroxylation sites is 1. The second-order valence-electron chi connectivity index (χ2n) is 7.44. The predicted octanol–water partition coefficient (Wildman–Crippen LogP) is 3.73. The van der Waals surface area contributed by atoms with Gasteiger partial charge in [0.1, 0.15) is 11.3 Å². The van der Waals surface area contributed by atoms with Crippen LogP contribution in [0.2, 0.25) is 0 Å². The molecule has 1 saturated heterocycles. The van der Waals surface area contributed by atoms with Crippen molar-refractivity contribution < 1.29 is 27.9 Å². The Balaban J connectivity index is 1.58. The van der Waals surface area contributed by atoms with Crippen LogP contribution in [-0.2, 0) is 10.3 Å². The highest BCUT2D eigenvalue weighted by atomic mass is 19.3. The highest BCUT2D eigenvalue weighted by Gasteiger charge is 2.49. The van der Waals surface area contributed by atoms with Crippen molar-refractivity contribution in [2.24, 2.45) is 0 Å². The molecule has 1 aromatic heterocycles. The zero-order valence-electron chi connectivity index (χ0n) is 16.7. The van der Waals surface area contributed by atoms with Gasteiger partial charge in [0, 0.05) is 22.2 Å². The van der Waals surface area contributed by atoms with Gasteiger partial charge in [0.25, 0.3) is 5.91 Å². The number of carbonyl (C=O) groups is 3. The number of benzene rings is 2. The molecule has 1 fully saturated rings. The van der Waals surface area contributed by atoms with Crippen LogP contribution in [0.5, 0.6) is 5.75 Å². The van der Waals surface area contributed by atoms with Crippen molar-refractivity contribution in [2.45, 2.75) is 26.0 Å². The number of nitrogens with one attached hydrogen (secondary N) is 2. The number of ketones is 1. The molecule has 2 aromatic carbocycles. The summed E-state index contributed by atoms with van der Waals surface area (Å²) in [6.07, 6.45) is 0. The monoisotopic (exact) mass is 427 g/mol. The molecule has 1 unspecified atom stereocenters. The van der Waals surface area contributed by atoms with Gasteiger partial charge in [-0.3, -0.25) is 14.5 Å². The van der Waals surface area contributed by atoms with Crippen molar-refractivity contribution in [1.82, 2.24) is 15.2 Å². The molecule has 160 valence electrons. The van der Waals surface area contributed by atoms with Crippen molar-refractivity contribution >= 4 is 28.6 Å². The van der Waals surface area contributed by atoms with Crippen LogP contribution >= 0.6 is 0 Å². The van der Waals surface area contributed by atoms with Gasteiger partial charge < -0.3 is 15.0 Å². The van der Waals surface area contributed by atoms with Crippen molar-refractivity contribution in [3.05, 3.63) is 65.4 Å². The van der Waals surface area contributed by atoms with Gasteiger partial charge in [-0.15, -0.1) is 0 Å². The van der Waals surface area contributed by atoms with Crippen molar-refractivity contribution in [1.29, 1.82) is 0 Å². The van der Waals surface area contributed by atoms with E-state index in [4.69, 9.17) is 0 Å². The van der Waals surface area contributed by atoms with Gasteiger partial charge in [0.15, 0.2) is 5.78 Å². The van der Waals surface area contributed by atoms with Crippen molar-refractivity contribution in [2.75, 3.05) is 6.54 Å². The predicted molar refractivity (Wildman–Crippen MR) is 108 cm³/mol. The van der Waals surface area contributed by atoms with Crippen LogP contribution in [0.4, 0.5) is 13.6 Å². The lowest BCUT2D eigenvalue weighted by Gasteiger charge is -2.22. The van der Waals surface area contributed by atoms with Gasteiger partial charge in [-0.2, -0.15) is 8.78 Å². The summed E-state index contributed by atoms with van der Waals surface area (Å²) >= 11 is 0. The van der Waals surface area contributed by atoms with E-state index in [1.165, 1.54) is 31.2 Å². The molecular formula is C22H19F2N3O4. The number of fused-ring (bicyclic) bond motifs is 1. The molecule has 0 spiro atoms. The van der Waals surface area contributed by atoms with Gasteiger partial charge >= 0.3 is 12.6 Å². The number of H-pyrrole nitrogens is 1. The number of aryl methyl sites for hydroxylation is 1. The van der Waals surface area contributed by atoms with Gasteiger partial charge in [-0.1, -0.05) is 30.3 Å². The van der Waals surface area contributed by atoms with Gasteiger partial charge in [0.2, 0.25) is 0 Å². The standard InChI is InChI=1S/C22H19F2N3O4/c1-12-18(15-5-3-4-6-16(15)25-12)17(28)11-27-19(29)22(2,26-21(27)30)13-7-9-14(10-8-13)31-20(23)24/h3-10,20,25H,11H2,1-2H3,(H,26,30). The van der Waals surface area contributed by atoms with Crippen molar-refractivity contribution in [3.8, 4) is 5.75 Å². The Labute approximate surface area is 176 Å². The summed E-state index contributed by atoms with van der Waals surface area (Å²) in [5.74, 6) is -1.05. The second kappa shape index (κ2) is 7.50. The first kappa shape index (κ1) is 20.5. The molecule has 1 atom stereocenters. The summed E-state index contributed by atoms with van der Waals surface area (Å²) in [7, 11) is 0. The number of hydrogen-bond donors (Lipinski definition) is 2. The Hall–Kier alpha value is -3.75. The molecular weight excluding hydrogens is 408 g/mol. The van der Waals surface area contributed by atoms with E-state index >= 15 is 0 Å². The maximum atomic E-state index is 13.1. The third kappa shape index (κ3) is 3.52. The van der Waals surface area contributed by atoms with E-state index < -0.39 is 30.6 Å². The molecule has 3 aromatic rings. The summed E-state index contributed by atoms with van der Waals surface area (Å²) in [5, 5.41) is 3.31. The topological polar surface area (TPSA) is 91.5 Å². The van der Waals surface area contributed by atoms with Gasteiger partial charge in [-0.25, -0.2) is 4.79 Å². The maximum absolute atomic E-state index is 13.1. The number of alkyl halides is 2. The number of nitrogens with zero attached hydrogens (tertiary/aromatic N) is 1. The molecule has 0 radical (unpaired) electrons. The quantitative estimate of drug-likeness (QED) is 0.463. The lowest BCUT2D eigenvalue weighted by molar-refractivity contribution is -0.130. The Morgan fingerprint density at radius 2 is 1.81 bits per heavy atom. The molecule has 3 amide bonds. The van der Waals surface area contributed by atoms with Crippen LogP contribution in [-0.4, -0.2) is 40.8 Å². The first-order valence-corrected chi connectivity index (χ1v) is 9.50. The number of hydrogen-bond acceptors (Lipinski definition) is 4. The highest BCUT2D eigenvalue weighted by Crippen LogP contribution is 2.31. The fraction of sp³-hybridized carbons (Fsp3) is 0.227. The van der Waals surface area contributed by atoms with Crippen LogP contribution in [0, 0.1) is 6.92 Å². The van der Waals surface area contributed by atoms with Gasteiger partial charge in [-0.05, 0) is 37.6 Å². The summed E-state index contributed by atoms with van der Waals surface area (Å²) < 4.78 is 29.0. The third-order valence-electron chi connectivity index (χ3n) is 5.41. The Bertz CT molecular complexity index is 1190. The first-order chi connectivity index (χ1) is 14.7. The molecule has 2 heterocycles. The second-order valence-corrected chi connectivity index (χ2v) is 7.44. The van der Waals surface area contributed by atoms with E-state index in [-0.39, 0.29) is 11.5 Å². The summed E-state index contributed by atoms with van der Waals surface area (Å²) in [4.78, 5) is 42.6. The van der Waals surface area contributed by atoms with E-state index in [0.717, 1.165) is 15.8 Å². The molecule has 0 bridgehead atoms. The summed E-state index contributed by atoms with van der Waals surface area (Å²) in [6.45, 7) is -0.136. The number of aromatic amines is 1. The van der Waals surface area contributed by atoms with E-state index in [9.17, 15) is 23.2 Å². The highest BCUT2D eigenvalue weighted by molar-refractivity contribution is 6.15. The molecule has 4 rings (SSSR count). The number of urea groups is 1. The van der Waals surface area contributed by atoms with Crippen LogP contribution in [0.15, 0.2) is 48.5 Å². The molecule has 2 N–H and O–H groups in total. The number of Topliss-reactive ketones (excluding diaryl/α,β-unsaturated/α-hetero) is 1. The van der Waals surface area contributed by atoms with Crippen LogP contribution < -0.4 is 10.1 Å². The number of aromatic nitrogens is 1. The minimum atomic E-state index is -2.97. The molecule has 9 heteroatoms. The van der Waals surface area contributed by atoms with Crippen LogP contribution in [0.25, 0.3) is 10.9 Å². The summed E-state index contributed by atoms with van der Waals surface area (Å²) in [6, 6.07) is 12.0. The maximum Gasteiger partial charge on any atom is 0.387 e. The Kier molecular flexibility index (Phi) is 4.96. The molecule has 0 saturated carbocycles. The Morgan fingerprint density at radius 1 is 1.13 bits per heavy atom. The Morgan fingerprint density at radius 3 is 2.48 bits per heavy atom. The molecule has 7 nitrogen and oxygen atoms in total. The van der Waals surface area contributed by atoms with E-state index in [1.54, 1.807) is 19.1 Å². The summed E-state index contributed by atoms with van der Waals surface area (Å²) in [5.41, 5.74) is 0.812. The zero-order valence-corrected chi connectivity index (χ0v) is 16.7. The molecule has 1 aliphatic rings. The largest absolute Gasteiger partial charge is 0.435 e. The number of imide groups is 1. The third-order valence-corrected chi connectivity index (χ3v) is 5.41. The average Bonchev–Trinajstić information content (AvgIpc) is 3.16. The van der Waals surface area contributed by atoms with Crippen molar-refractivity contribution in [3.63, 3.8) is 0 Å². The zero-order chi connectivity index (χ0) is 22.3. The number of rotatable bonds is 6. The fourth-order valence-electron chi connectivity index (χ4n) is 3.86. The van der Waals surface area contributed by atoms with E-state index in [0.29, 0.717) is 16.8 Å². The minimum absolute atomic E-state index is 0.0685. The normalized spacial score (nSPS) is 18.7. The SMILES string of the molecule is Cc1[nH]c2ccccc2c1C(=O)CN1C(=O)NC(C)(c2ccc(OC(F)F)cc2)C1=O. The fourth-order valence-corrected chi connectivity index (χ4v) is 3.86. The molecule has 31 heavy (non-hydrogen) atoms. The number of ether oxygens (including phenoxy) is 1. The van der Waals surface area contributed by atoms with Crippen LogP contribution in [0.3, 0.4) is 0 Å². The van der Waals surface area contributed by atoms with Crippen LogP contribution in [0.1, 0.15) is 28.5 Å². The minimum Gasteiger partial charge on any atom is -0.435 e. The lowest BCUT2D eigenvalue weighted by atomic mass is 9.92. The number of halogens is 2. The number of amides is 3. The smallest absolute Gasteiger partial charge is 0.387 e. The van der Waals surface area contributed by atoms with E-state index in [2.05, 4.69) is 15.0 Å². The average molecular weight is 427 g/mol. The lowest BCUT2D eigenvalue weighted by Crippen LogP contribution is -2.41.